The third-order valence-electron chi connectivity index (χ3n) is 4.86. The average molecular weight is 407 g/mol. The first-order valence-corrected chi connectivity index (χ1v) is 10.2. The Kier molecular flexibility index (Phi) is 9.40. The minimum Gasteiger partial charge on any atom is -0.497 e. The molecule has 0 saturated carbocycles. The molecule has 1 heterocycles. The number of anilines is 1. The fourth-order valence-corrected chi connectivity index (χ4v) is 3.28. The number of aliphatic imine (C=N–C) groups is 1. The van der Waals surface area contributed by atoms with E-state index in [1.807, 2.05) is 18.2 Å². The number of nitrogens with zero attached hydrogens (tertiary/aromatic N) is 2. The predicted octanol–water partition coefficient (Wildman–Crippen LogP) is 2.18. The molecule has 1 unspecified atom stereocenters. The Morgan fingerprint density at radius 3 is 2.52 bits per heavy atom. The van der Waals surface area contributed by atoms with Crippen LogP contribution < -0.4 is 25.0 Å². The second-order valence-corrected chi connectivity index (χ2v) is 6.94. The highest BCUT2D eigenvalue weighted by molar-refractivity contribution is 5.80. The van der Waals surface area contributed by atoms with Gasteiger partial charge in [-0.25, -0.2) is 0 Å². The maximum absolute atomic E-state index is 11.2. The summed E-state index contributed by atoms with van der Waals surface area (Å²) in [4.78, 5) is 18.1. The maximum atomic E-state index is 11.2. The van der Waals surface area contributed by atoms with Crippen molar-refractivity contribution >= 4 is 17.6 Å². The monoisotopic (exact) mass is 406 g/mol. The predicted molar refractivity (Wildman–Crippen MR) is 115 cm³/mol. The van der Waals surface area contributed by atoms with Crippen LogP contribution in [0.1, 0.15) is 32.6 Å². The van der Waals surface area contributed by atoms with Gasteiger partial charge in [0.25, 0.3) is 0 Å². The number of carbonyl (C=O) groups is 1. The summed E-state index contributed by atoms with van der Waals surface area (Å²) in [5.74, 6) is 2.23. The van der Waals surface area contributed by atoms with Gasteiger partial charge in [0.05, 0.1) is 21.3 Å². The molecule has 1 fully saturated rings. The van der Waals surface area contributed by atoms with Gasteiger partial charge < -0.3 is 29.7 Å². The molecule has 1 atom stereocenters. The van der Waals surface area contributed by atoms with Crippen molar-refractivity contribution in [2.24, 2.45) is 4.99 Å². The fourth-order valence-electron chi connectivity index (χ4n) is 3.28. The molecular weight excluding hydrogens is 372 g/mol. The summed E-state index contributed by atoms with van der Waals surface area (Å²) in [7, 11) is 4.74. The van der Waals surface area contributed by atoms with Crippen molar-refractivity contribution in [3.63, 3.8) is 0 Å². The van der Waals surface area contributed by atoms with Gasteiger partial charge in [0.15, 0.2) is 5.96 Å². The molecule has 1 aromatic carbocycles. The molecule has 29 heavy (non-hydrogen) atoms. The van der Waals surface area contributed by atoms with Gasteiger partial charge in [-0.1, -0.05) is 0 Å². The number of hydrogen-bond acceptors (Lipinski definition) is 6. The molecule has 0 spiro atoms. The van der Waals surface area contributed by atoms with Gasteiger partial charge in [-0.15, -0.1) is 0 Å². The van der Waals surface area contributed by atoms with Gasteiger partial charge in [0, 0.05) is 62.5 Å². The van der Waals surface area contributed by atoms with E-state index in [0.29, 0.717) is 19.0 Å². The van der Waals surface area contributed by atoms with Crippen LogP contribution in [0, 0.1) is 0 Å². The number of unbranched alkanes of at least 4 members (excludes halogenated alkanes) is 1. The molecule has 1 aliphatic heterocycles. The molecule has 0 amide bonds. The fraction of sp³-hybridized carbons (Fsp3) is 0.619. The number of guanidine groups is 1. The smallest absolute Gasteiger partial charge is 0.305 e. The lowest BCUT2D eigenvalue weighted by Gasteiger charge is -2.21. The summed E-state index contributed by atoms with van der Waals surface area (Å²) in [5.41, 5.74) is 1.09. The van der Waals surface area contributed by atoms with E-state index in [9.17, 15) is 4.79 Å². The van der Waals surface area contributed by atoms with E-state index in [-0.39, 0.29) is 5.97 Å². The van der Waals surface area contributed by atoms with E-state index in [1.54, 1.807) is 14.2 Å². The molecule has 1 saturated heterocycles. The number of ether oxygens (including phenoxy) is 3. The molecule has 0 bridgehead atoms. The standard InChI is InChI=1S/C21H34N4O4/c1-5-22-21(23-10-7-6-8-20(26)29-4)24-16-9-11-25(15-16)17-12-18(27-2)14-19(13-17)28-3/h12-14,16H,5-11,15H2,1-4H3,(H2,22,23,24). The van der Waals surface area contributed by atoms with Crippen LogP contribution >= 0.6 is 0 Å². The van der Waals surface area contributed by atoms with Crippen LogP contribution in [0.3, 0.4) is 0 Å². The van der Waals surface area contributed by atoms with Gasteiger partial charge in [-0.2, -0.15) is 0 Å². The van der Waals surface area contributed by atoms with Crippen molar-refractivity contribution < 1.29 is 19.0 Å². The van der Waals surface area contributed by atoms with Gasteiger partial charge in [0.2, 0.25) is 0 Å². The summed E-state index contributed by atoms with van der Waals surface area (Å²) in [6, 6.07) is 6.25. The Bertz CT molecular complexity index is 658. The van der Waals surface area contributed by atoms with Crippen LogP contribution in [-0.2, 0) is 9.53 Å². The minimum absolute atomic E-state index is 0.167. The van der Waals surface area contributed by atoms with Crippen molar-refractivity contribution in [3.05, 3.63) is 18.2 Å². The minimum atomic E-state index is -0.167. The van der Waals surface area contributed by atoms with Gasteiger partial charge >= 0.3 is 5.97 Å². The number of esters is 1. The molecule has 0 aliphatic carbocycles. The summed E-state index contributed by atoms with van der Waals surface area (Å²) < 4.78 is 15.4. The van der Waals surface area contributed by atoms with Crippen molar-refractivity contribution in [2.75, 3.05) is 52.4 Å². The van der Waals surface area contributed by atoms with Crippen molar-refractivity contribution in [3.8, 4) is 11.5 Å². The second-order valence-electron chi connectivity index (χ2n) is 6.94. The quantitative estimate of drug-likeness (QED) is 0.267. The summed E-state index contributed by atoms with van der Waals surface area (Å²) in [5, 5.41) is 6.83. The molecule has 162 valence electrons. The highest BCUT2D eigenvalue weighted by Gasteiger charge is 2.24. The molecule has 1 aliphatic rings. The summed E-state index contributed by atoms with van der Waals surface area (Å²) in [6.07, 6.45) is 3.10. The number of nitrogens with one attached hydrogen (secondary N) is 2. The molecular formula is C21H34N4O4. The molecule has 8 heteroatoms. The van der Waals surface area contributed by atoms with Crippen LogP contribution in [0.2, 0.25) is 0 Å². The third-order valence-corrected chi connectivity index (χ3v) is 4.86. The van der Waals surface area contributed by atoms with Gasteiger partial charge in [0.1, 0.15) is 11.5 Å². The van der Waals surface area contributed by atoms with E-state index >= 15 is 0 Å². The van der Waals surface area contributed by atoms with E-state index in [0.717, 1.165) is 62.0 Å². The highest BCUT2D eigenvalue weighted by atomic mass is 16.5. The topological polar surface area (TPSA) is 84.4 Å². The molecule has 2 N–H and O–H groups in total. The highest BCUT2D eigenvalue weighted by Crippen LogP contribution is 2.30. The zero-order valence-electron chi connectivity index (χ0n) is 18.0. The Morgan fingerprint density at radius 2 is 1.90 bits per heavy atom. The molecule has 8 nitrogen and oxygen atoms in total. The average Bonchev–Trinajstić information content (AvgIpc) is 3.21. The molecule has 2 rings (SSSR count). The van der Waals surface area contributed by atoms with Crippen LogP contribution in [0.25, 0.3) is 0 Å². The van der Waals surface area contributed by atoms with Gasteiger partial charge in [-0.05, 0) is 26.2 Å². The molecule has 0 aromatic heterocycles. The van der Waals surface area contributed by atoms with E-state index in [1.165, 1.54) is 7.11 Å². The molecule has 0 radical (unpaired) electrons. The second kappa shape index (κ2) is 12.0. The number of benzene rings is 1. The Labute approximate surface area is 173 Å². The van der Waals surface area contributed by atoms with Crippen molar-refractivity contribution in [2.45, 2.75) is 38.6 Å². The SMILES string of the molecule is CCNC(=NCCCCC(=O)OC)NC1CCN(c2cc(OC)cc(OC)c2)C1. The maximum Gasteiger partial charge on any atom is 0.305 e. The number of rotatable bonds is 10. The zero-order chi connectivity index (χ0) is 21.1. The first-order valence-electron chi connectivity index (χ1n) is 10.2. The van der Waals surface area contributed by atoms with E-state index in [2.05, 4.69) is 32.2 Å². The van der Waals surface area contributed by atoms with Crippen LogP contribution in [0.5, 0.6) is 11.5 Å². The Hall–Kier alpha value is -2.64. The number of methoxy groups -OCH3 is 3. The van der Waals surface area contributed by atoms with E-state index < -0.39 is 0 Å². The van der Waals surface area contributed by atoms with Crippen LogP contribution in [0.4, 0.5) is 5.69 Å². The Balaban J connectivity index is 1.88. The van der Waals surface area contributed by atoms with Crippen molar-refractivity contribution in [1.29, 1.82) is 0 Å². The first-order chi connectivity index (χ1) is 14.1. The first kappa shape index (κ1) is 22.6. The normalized spacial score (nSPS) is 16.5. The van der Waals surface area contributed by atoms with E-state index in [4.69, 9.17) is 9.47 Å². The third kappa shape index (κ3) is 7.36. The lowest BCUT2D eigenvalue weighted by atomic mass is 10.2. The summed E-state index contributed by atoms with van der Waals surface area (Å²) >= 11 is 0. The zero-order valence-corrected chi connectivity index (χ0v) is 18.0. The number of hydrogen-bond donors (Lipinski definition) is 2. The van der Waals surface area contributed by atoms with Crippen molar-refractivity contribution in [1.82, 2.24) is 10.6 Å². The molecule has 1 aromatic rings. The number of carbonyl (C=O) groups excluding carboxylic acids is 1. The van der Waals surface area contributed by atoms with Crippen LogP contribution in [-0.4, -0.2) is 65.5 Å². The lowest BCUT2D eigenvalue weighted by molar-refractivity contribution is -0.140. The largest absolute Gasteiger partial charge is 0.497 e. The lowest BCUT2D eigenvalue weighted by Crippen LogP contribution is -2.44. The van der Waals surface area contributed by atoms with Gasteiger partial charge in [-0.3, -0.25) is 9.79 Å². The van der Waals surface area contributed by atoms with Crippen LogP contribution in [0.15, 0.2) is 23.2 Å². The Morgan fingerprint density at radius 1 is 1.17 bits per heavy atom. The summed E-state index contributed by atoms with van der Waals surface area (Å²) in [6.45, 7) is 5.36.